The average Bonchev–Trinajstić information content (AvgIpc) is 3.12. The molecule has 0 saturated carbocycles. The van der Waals surface area contributed by atoms with E-state index in [1.165, 1.54) is 0 Å². The molecule has 4 aromatic rings. The van der Waals surface area contributed by atoms with E-state index < -0.39 is 0 Å². The second-order valence-electron chi connectivity index (χ2n) is 6.65. The third-order valence-corrected chi connectivity index (χ3v) is 5.71. The van der Waals surface area contributed by atoms with E-state index in [2.05, 4.69) is 17.1 Å². The predicted octanol–water partition coefficient (Wildman–Crippen LogP) is 4.24. The lowest BCUT2D eigenvalue weighted by Gasteiger charge is -2.14. The minimum atomic E-state index is -0.135. The van der Waals surface area contributed by atoms with E-state index in [4.69, 9.17) is 4.74 Å². The number of aryl methyl sites for hydroxylation is 1. The molecule has 2 aromatic carbocycles. The number of unbranched alkanes of at least 4 members (excludes halogenated alkanes) is 1. The number of rotatable bonds is 6. The number of ether oxygens (including phenoxy) is 1. The van der Waals surface area contributed by atoms with Gasteiger partial charge in [-0.2, -0.15) is 0 Å². The van der Waals surface area contributed by atoms with Crippen molar-refractivity contribution in [3.05, 3.63) is 58.4 Å². The Morgan fingerprint density at radius 1 is 1.14 bits per heavy atom. The van der Waals surface area contributed by atoms with Crippen LogP contribution in [0.4, 0.5) is 0 Å². The molecule has 0 radical (unpaired) electrons. The van der Waals surface area contributed by atoms with Gasteiger partial charge in [-0.1, -0.05) is 43.3 Å². The Bertz CT molecular complexity index is 1210. The second kappa shape index (κ2) is 7.67. The standard InChI is InChI=1S/C21H22N4O2S/c1-4-5-12-28-21-23-22-20-24(17-13-14(2)10-11-18(17)27-3)19(26)15-8-6-7-9-16(15)25(20)21/h6-11,13H,4-5,12H2,1-3H3. The van der Waals surface area contributed by atoms with Gasteiger partial charge in [-0.15, -0.1) is 10.2 Å². The first-order valence-corrected chi connectivity index (χ1v) is 10.3. The number of aromatic nitrogens is 4. The third kappa shape index (κ3) is 3.05. The maximum absolute atomic E-state index is 13.4. The molecule has 0 aliphatic carbocycles. The molecular weight excluding hydrogens is 372 g/mol. The van der Waals surface area contributed by atoms with Crippen LogP contribution in [-0.4, -0.2) is 32.0 Å². The highest BCUT2D eigenvalue weighted by Gasteiger charge is 2.19. The second-order valence-corrected chi connectivity index (χ2v) is 7.72. The monoisotopic (exact) mass is 394 g/mol. The zero-order chi connectivity index (χ0) is 19.7. The summed E-state index contributed by atoms with van der Waals surface area (Å²) in [6.45, 7) is 4.15. The Morgan fingerprint density at radius 3 is 2.75 bits per heavy atom. The van der Waals surface area contributed by atoms with Crippen molar-refractivity contribution in [3.8, 4) is 11.4 Å². The van der Waals surface area contributed by atoms with Gasteiger partial charge in [0.15, 0.2) is 5.16 Å². The van der Waals surface area contributed by atoms with Crippen molar-refractivity contribution in [2.45, 2.75) is 31.8 Å². The van der Waals surface area contributed by atoms with Gasteiger partial charge in [-0.05, 0) is 43.2 Å². The van der Waals surface area contributed by atoms with Crippen molar-refractivity contribution in [3.63, 3.8) is 0 Å². The molecule has 0 unspecified atom stereocenters. The highest BCUT2D eigenvalue weighted by molar-refractivity contribution is 7.99. The van der Waals surface area contributed by atoms with Gasteiger partial charge in [0.05, 0.1) is 23.7 Å². The summed E-state index contributed by atoms with van der Waals surface area (Å²) in [7, 11) is 1.60. The third-order valence-electron chi connectivity index (χ3n) is 4.70. The van der Waals surface area contributed by atoms with E-state index >= 15 is 0 Å². The van der Waals surface area contributed by atoms with Crippen LogP contribution in [-0.2, 0) is 0 Å². The molecule has 0 spiro atoms. The lowest BCUT2D eigenvalue weighted by Crippen LogP contribution is -2.22. The van der Waals surface area contributed by atoms with Crippen molar-refractivity contribution in [1.29, 1.82) is 0 Å². The van der Waals surface area contributed by atoms with Crippen LogP contribution in [0, 0.1) is 6.92 Å². The number of methoxy groups -OCH3 is 1. The molecule has 6 nitrogen and oxygen atoms in total. The number of nitrogens with zero attached hydrogens (tertiary/aromatic N) is 4. The molecule has 28 heavy (non-hydrogen) atoms. The number of benzene rings is 2. The van der Waals surface area contributed by atoms with Gasteiger partial charge in [-0.3, -0.25) is 9.20 Å². The topological polar surface area (TPSA) is 61.4 Å². The van der Waals surface area contributed by atoms with E-state index in [9.17, 15) is 4.79 Å². The SMILES string of the molecule is CCCCSc1nnc2n(-c3cc(C)ccc3OC)c(=O)c3ccccc3n12. The van der Waals surface area contributed by atoms with E-state index in [-0.39, 0.29) is 5.56 Å². The number of hydrogen-bond acceptors (Lipinski definition) is 5. The summed E-state index contributed by atoms with van der Waals surface area (Å²) in [5.41, 5.74) is 2.38. The first-order valence-electron chi connectivity index (χ1n) is 9.32. The van der Waals surface area contributed by atoms with Crippen LogP contribution >= 0.6 is 11.8 Å². The molecule has 7 heteroatoms. The first kappa shape index (κ1) is 18.6. The average molecular weight is 395 g/mol. The maximum Gasteiger partial charge on any atom is 0.267 e. The summed E-state index contributed by atoms with van der Waals surface area (Å²) in [4.78, 5) is 13.4. The number of hydrogen-bond donors (Lipinski definition) is 0. The molecule has 0 aliphatic heterocycles. The molecule has 2 heterocycles. The van der Waals surface area contributed by atoms with E-state index in [0.717, 1.165) is 34.8 Å². The van der Waals surface area contributed by atoms with E-state index in [0.29, 0.717) is 22.6 Å². The Labute approximate surface area is 167 Å². The van der Waals surface area contributed by atoms with Crippen LogP contribution in [0.2, 0.25) is 0 Å². The molecule has 0 aliphatic rings. The molecule has 0 atom stereocenters. The normalized spacial score (nSPS) is 11.4. The van der Waals surface area contributed by atoms with Gasteiger partial charge in [0.1, 0.15) is 5.75 Å². The summed E-state index contributed by atoms with van der Waals surface area (Å²) in [5, 5.41) is 10.2. The van der Waals surface area contributed by atoms with Crippen molar-refractivity contribution < 1.29 is 4.74 Å². The molecule has 0 amide bonds. The minimum Gasteiger partial charge on any atom is -0.495 e. The Balaban J connectivity index is 2.08. The highest BCUT2D eigenvalue weighted by Crippen LogP contribution is 2.28. The zero-order valence-corrected chi connectivity index (χ0v) is 17.0. The smallest absolute Gasteiger partial charge is 0.267 e. The van der Waals surface area contributed by atoms with Crippen LogP contribution in [0.15, 0.2) is 52.4 Å². The molecule has 0 fully saturated rings. The molecule has 0 bridgehead atoms. The van der Waals surface area contributed by atoms with Gasteiger partial charge in [0.25, 0.3) is 5.56 Å². The quantitative estimate of drug-likeness (QED) is 0.362. The lowest BCUT2D eigenvalue weighted by atomic mass is 10.2. The van der Waals surface area contributed by atoms with Gasteiger partial charge in [-0.25, -0.2) is 4.57 Å². The summed E-state index contributed by atoms with van der Waals surface area (Å²) in [5.74, 6) is 2.07. The van der Waals surface area contributed by atoms with Crippen molar-refractivity contribution in [2.75, 3.05) is 12.9 Å². The molecule has 0 N–H and O–H groups in total. The maximum atomic E-state index is 13.4. The van der Waals surface area contributed by atoms with Gasteiger partial charge in [0, 0.05) is 5.75 Å². The fourth-order valence-electron chi connectivity index (χ4n) is 3.27. The van der Waals surface area contributed by atoms with Gasteiger partial charge in [0.2, 0.25) is 5.78 Å². The van der Waals surface area contributed by atoms with Crippen molar-refractivity contribution >= 4 is 28.4 Å². The van der Waals surface area contributed by atoms with Crippen molar-refractivity contribution in [1.82, 2.24) is 19.2 Å². The predicted molar refractivity (Wildman–Crippen MR) is 113 cm³/mol. The zero-order valence-electron chi connectivity index (χ0n) is 16.2. The fraction of sp³-hybridized carbons (Fsp3) is 0.286. The molecule has 4 rings (SSSR count). The van der Waals surface area contributed by atoms with E-state index in [1.54, 1.807) is 23.4 Å². The summed E-state index contributed by atoms with van der Waals surface area (Å²) >= 11 is 1.66. The molecular formula is C21H22N4O2S. The summed E-state index contributed by atoms with van der Waals surface area (Å²) < 4.78 is 9.11. The fourth-order valence-corrected chi connectivity index (χ4v) is 4.30. The van der Waals surface area contributed by atoms with Gasteiger partial charge >= 0.3 is 0 Å². The Kier molecular flexibility index (Phi) is 5.09. The molecule has 144 valence electrons. The number of fused-ring (bicyclic) bond motifs is 3. The van der Waals surface area contributed by atoms with Gasteiger partial charge < -0.3 is 4.74 Å². The van der Waals surface area contributed by atoms with Crippen LogP contribution in [0.1, 0.15) is 25.3 Å². The lowest BCUT2D eigenvalue weighted by molar-refractivity contribution is 0.412. The largest absolute Gasteiger partial charge is 0.495 e. The highest BCUT2D eigenvalue weighted by atomic mass is 32.2. The number of para-hydroxylation sites is 1. The van der Waals surface area contributed by atoms with E-state index in [1.807, 2.05) is 53.8 Å². The summed E-state index contributed by atoms with van der Waals surface area (Å²) in [6, 6.07) is 13.4. The first-order chi connectivity index (χ1) is 13.7. The summed E-state index contributed by atoms with van der Waals surface area (Å²) in [6.07, 6.45) is 2.22. The van der Waals surface area contributed by atoms with Crippen LogP contribution in [0.25, 0.3) is 22.4 Å². The Morgan fingerprint density at radius 2 is 1.96 bits per heavy atom. The van der Waals surface area contributed by atoms with Crippen LogP contribution < -0.4 is 10.3 Å². The minimum absolute atomic E-state index is 0.135. The number of thioether (sulfide) groups is 1. The molecule has 2 aromatic heterocycles. The van der Waals surface area contributed by atoms with Crippen molar-refractivity contribution in [2.24, 2.45) is 0 Å². The Hall–Kier alpha value is -2.80. The van der Waals surface area contributed by atoms with Crippen LogP contribution in [0.3, 0.4) is 0 Å². The van der Waals surface area contributed by atoms with Crippen LogP contribution in [0.5, 0.6) is 5.75 Å². The molecule has 0 saturated heterocycles.